The molecule has 0 aromatic heterocycles. The molecule has 1 fully saturated rings. The predicted molar refractivity (Wildman–Crippen MR) is 120 cm³/mol. The number of unbranched alkanes of at least 4 members (excludes halogenated alkanes) is 2. The van der Waals surface area contributed by atoms with Crippen LogP contribution in [0.5, 0.6) is 0 Å². The number of piperidine rings is 1. The molecule has 0 saturated carbocycles. The van der Waals surface area contributed by atoms with Gasteiger partial charge in [0.1, 0.15) is 11.6 Å². The van der Waals surface area contributed by atoms with E-state index in [0.29, 0.717) is 12.1 Å². The van der Waals surface area contributed by atoms with Gasteiger partial charge in [-0.25, -0.2) is 4.79 Å². The summed E-state index contributed by atoms with van der Waals surface area (Å²) in [7, 11) is 0. The van der Waals surface area contributed by atoms with Gasteiger partial charge in [-0.05, 0) is 58.1 Å². The monoisotopic (exact) mass is 455 g/mol. The molecule has 1 atom stereocenters. The van der Waals surface area contributed by atoms with Crippen molar-refractivity contribution in [3.05, 3.63) is 41.0 Å². The summed E-state index contributed by atoms with van der Waals surface area (Å²) < 4.78 is 5.18. The van der Waals surface area contributed by atoms with Gasteiger partial charge >= 0.3 is 6.09 Å². The van der Waals surface area contributed by atoms with Crippen LogP contribution in [0.25, 0.3) is 6.08 Å². The summed E-state index contributed by atoms with van der Waals surface area (Å²) in [5.41, 5.74) is 0.603. The molecular formula is C24H29N3O6. The fourth-order valence-corrected chi connectivity index (χ4v) is 3.78. The molecule has 9 heteroatoms. The van der Waals surface area contributed by atoms with Crippen molar-refractivity contribution in [1.29, 1.82) is 0 Å². The van der Waals surface area contributed by atoms with Gasteiger partial charge in [0.05, 0.1) is 11.1 Å². The molecule has 3 rings (SSSR count). The van der Waals surface area contributed by atoms with E-state index in [1.54, 1.807) is 45.0 Å². The van der Waals surface area contributed by atoms with Crippen LogP contribution in [0, 0.1) is 0 Å². The maximum Gasteiger partial charge on any atom is 0.407 e. The Bertz CT molecular complexity index is 1010. The molecule has 176 valence electrons. The molecule has 1 aromatic rings. The van der Waals surface area contributed by atoms with Crippen LogP contribution < -0.4 is 10.6 Å². The fourth-order valence-electron chi connectivity index (χ4n) is 3.78. The van der Waals surface area contributed by atoms with E-state index < -0.39 is 41.4 Å². The Morgan fingerprint density at radius 2 is 1.94 bits per heavy atom. The minimum atomic E-state index is -0.982. The molecule has 1 saturated heterocycles. The highest BCUT2D eigenvalue weighted by molar-refractivity contribution is 6.24. The topological polar surface area (TPSA) is 122 Å². The highest BCUT2D eigenvalue weighted by Gasteiger charge is 2.45. The number of nitrogens with zero attached hydrogens (tertiary/aromatic N) is 1. The number of hydrogen-bond donors (Lipinski definition) is 2. The van der Waals surface area contributed by atoms with E-state index in [9.17, 15) is 24.0 Å². The van der Waals surface area contributed by atoms with Gasteiger partial charge in [-0.1, -0.05) is 24.3 Å². The first-order valence-electron chi connectivity index (χ1n) is 11.1. The Hall–Kier alpha value is -3.49. The molecule has 33 heavy (non-hydrogen) atoms. The maximum absolute atomic E-state index is 13.0. The number of carbonyl (C=O) groups excluding carboxylic acids is 5. The molecule has 2 heterocycles. The number of imide groups is 2. The summed E-state index contributed by atoms with van der Waals surface area (Å²) in [6, 6.07) is 4.03. The van der Waals surface area contributed by atoms with Crippen molar-refractivity contribution in [2.24, 2.45) is 0 Å². The average molecular weight is 456 g/mol. The average Bonchev–Trinajstić information content (AvgIpc) is 2.97. The zero-order chi connectivity index (χ0) is 24.2. The first kappa shape index (κ1) is 24.2. The summed E-state index contributed by atoms with van der Waals surface area (Å²) in [6.45, 7) is 5.91. The van der Waals surface area contributed by atoms with Gasteiger partial charge < -0.3 is 10.1 Å². The Morgan fingerprint density at radius 3 is 2.64 bits per heavy atom. The van der Waals surface area contributed by atoms with Crippen molar-refractivity contribution in [3.8, 4) is 0 Å². The summed E-state index contributed by atoms with van der Waals surface area (Å²) in [5, 5.41) is 4.90. The fraction of sp³-hybridized carbons (Fsp3) is 0.458. The van der Waals surface area contributed by atoms with Crippen LogP contribution in [-0.2, 0) is 14.3 Å². The zero-order valence-corrected chi connectivity index (χ0v) is 19.1. The van der Waals surface area contributed by atoms with E-state index >= 15 is 0 Å². The summed E-state index contributed by atoms with van der Waals surface area (Å²) in [4.78, 5) is 62.1. The van der Waals surface area contributed by atoms with Crippen LogP contribution in [0.4, 0.5) is 4.79 Å². The molecule has 0 radical (unpaired) electrons. The first-order valence-corrected chi connectivity index (χ1v) is 11.1. The lowest BCUT2D eigenvalue weighted by molar-refractivity contribution is -0.136. The lowest BCUT2D eigenvalue weighted by Crippen LogP contribution is -2.54. The van der Waals surface area contributed by atoms with E-state index in [4.69, 9.17) is 4.74 Å². The Balaban J connectivity index is 1.56. The summed E-state index contributed by atoms with van der Waals surface area (Å²) in [5.74, 6) is -2.07. The Morgan fingerprint density at radius 1 is 1.18 bits per heavy atom. The van der Waals surface area contributed by atoms with Crippen LogP contribution in [0.15, 0.2) is 24.3 Å². The van der Waals surface area contributed by atoms with E-state index in [2.05, 4.69) is 10.6 Å². The zero-order valence-electron chi connectivity index (χ0n) is 19.1. The van der Waals surface area contributed by atoms with E-state index in [1.807, 2.05) is 6.08 Å². The van der Waals surface area contributed by atoms with E-state index in [1.165, 1.54) is 0 Å². The minimum Gasteiger partial charge on any atom is -0.444 e. The number of rotatable bonds is 7. The smallest absolute Gasteiger partial charge is 0.407 e. The number of fused-ring (bicyclic) bond motifs is 1. The molecule has 2 aliphatic rings. The minimum absolute atomic E-state index is 0.0827. The molecule has 5 amide bonds. The largest absolute Gasteiger partial charge is 0.444 e. The van der Waals surface area contributed by atoms with Crippen molar-refractivity contribution in [2.45, 2.75) is 64.5 Å². The molecule has 2 aliphatic heterocycles. The number of alkyl carbamates (subject to hydrolysis) is 1. The summed E-state index contributed by atoms with van der Waals surface area (Å²) >= 11 is 0. The maximum atomic E-state index is 13.0. The molecule has 0 bridgehead atoms. The predicted octanol–water partition coefficient (Wildman–Crippen LogP) is 2.80. The number of ether oxygens (including phenoxy) is 1. The molecule has 2 N–H and O–H groups in total. The van der Waals surface area contributed by atoms with Gasteiger partial charge in [0.2, 0.25) is 11.8 Å². The van der Waals surface area contributed by atoms with Crippen molar-refractivity contribution in [2.75, 3.05) is 6.54 Å². The molecule has 1 aromatic carbocycles. The van der Waals surface area contributed by atoms with Gasteiger partial charge in [-0.3, -0.25) is 29.4 Å². The molecular weight excluding hydrogens is 426 g/mol. The third-order valence-corrected chi connectivity index (χ3v) is 5.26. The van der Waals surface area contributed by atoms with Crippen molar-refractivity contribution in [3.63, 3.8) is 0 Å². The quantitative estimate of drug-likeness (QED) is 0.482. The Labute approximate surface area is 192 Å². The summed E-state index contributed by atoms with van der Waals surface area (Å²) in [6.07, 6.45) is 5.76. The SMILES string of the molecule is CC(C)(C)OC(=O)NCCCC/C=C\c1cccc2c1C(=O)N(C1CCC(=O)NC1=O)C2=O. The lowest BCUT2D eigenvalue weighted by Gasteiger charge is -2.27. The normalized spacial score (nSPS) is 18.5. The van der Waals surface area contributed by atoms with E-state index in [0.717, 1.165) is 24.2 Å². The van der Waals surface area contributed by atoms with Crippen LogP contribution >= 0.6 is 0 Å². The van der Waals surface area contributed by atoms with Gasteiger partial charge in [0, 0.05) is 13.0 Å². The molecule has 0 aliphatic carbocycles. The van der Waals surface area contributed by atoms with Crippen LogP contribution in [-0.4, -0.2) is 52.8 Å². The number of amides is 5. The van der Waals surface area contributed by atoms with Gasteiger partial charge in [-0.15, -0.1) is 0 Å². The highest BCUT2D eigenvalue weighted by Crippen LogP contribution is 2.30. The third kappa shape index (κ3) is 5.85. The molecule has 1 unspecified atom stereocenters. The number of nitrogens with one attached hydrogen (secondary N) is 2. The highest BCUT2D eigenvalue weighted by atomic mass is 16.6. The second-order valence-electron chi connectivity index (χ2n) is 9.04. The number of carbonyl (C=O) groups is 5. The van der Waals surface area contributed by atoms with Crippen molar-refractivity contribution >= 4 is 35.8 Å². The number of benzene rings is 1. The van der Waals surface area contributed by atoms with Gasteiger partial charge in [0.25, 0.3) is 11.8 Å². The van der Waals surface area contributed by atoms with Crippen molar-refractivity contribution < 1.29 is 28.7 Å². The van der Waals surface area contributed by atoms with Gasteiger partial charge in [0.15, 0.2) is 0 Å². The first-order chi connectivity index (χ1) is 15.6. The van der Waals surface area contributed by atoms with Crippen LogP contribution in [0.3, 0.4) is 0 Å². The molecule has 0 spiro atoms. The number of hydrogen-bond acceptors (Lipinski definition) is 6. The second kappa shape index (κ2) is 9.97. The standard InChI is InChI=1S/C24H29N3O6/c1-24(2,3)33-23(32)25-14-7-5-4-6-9-15-10-8-11-16-19(15)22(31)27(21(16)30)17-12-13-18(28)26-20(17)29/h6,8-11,17H,4-5,7,12-14H2,1-3H3,(H,25,32)(H,26,28,29)/b9-6-. The van der Waals surface area contributed by atoms with Gasteiger partial charge in [-0.2, -0.15) is 0 Å². The lowest BCUT2D eigenvalue weighted by atomic mass is 10.0. The molecule has 9 nitrogen and oxygen atoms in total. The van der Waals surface area contributed by atoms with Crippen LogP contribution in [0.2, 0.25) is 0 Å². The van der Waals surface area contributed by atoms with Crippen molar-refractivity contribution in [1.82, 2.24) is 15.5 Å². The second-order valence-corrected chi connectivity index (χ2v) is 9.04. The van der Waals surface area contributed by atoms with E-state index in [-0.39, 0.29) is 24.0 Å². The third-order valence-electron chi connectivity index (χ3n) is 5.26. The van der Waals surface area contributed by atoms with Crippen LogP contribution in [0.1, 0.15) is 79.2 Å². The number of allylic oxidation sites excluding steroid dienone is 1. The Kier molecular flexibility index (Phi) is 7.30.